The van der Waals surface area contributed by atoms with Crippen LogP contribution in [0.1, 0.15) is 26.3 Å². The molecule has 0 aliphatic carbocycles. The first kappa shape index (κ1) is 18.9. The smallest absolute Gasteiger partial charge is 0.304 e. The Kier molecular flexibility index (Phi) is 4.75. The number of nitriles is 1. The Hall–Kier alpha value is -3.87. The zero-order chi connectivity index (χ0) is 20.5. The van der Waals surface area contributed by atoms with E-state index in [1.54, 1.807) is 4.68 Å². The molecule has 1 aromatic carbocycles. The molecule has 2 heterocycles. The number of aromatic nitrogens is 4. The molecule has 2 aromatic heterocycles. The van der Waals surface area contributed by atoms with Gasteiger partial charge in [0.2, 0.25) is 5.82 Å². The number of rotatable bonds is 4. The number of hydrogen-bond acceptors (Lipinski definition) is 7. The van der Waals surface area contributed by atoms with Gasteiger partial charge in [-0.1, -0.05) is 0 Å². The molecule has 0 aliphatic heterocycles. The van der Waals surface area contributed by atoms with Gasteiger partial charge in [-0.3, -0.25) is 15.1 Å². The predicted molar refractivity (Wildman–Crippen MR) is 99.3 cm³/mol. The maximum absolute atomic E-state index is 14.1. The van der Waals surface area contributed by atoms with E-state index in [2.05, 4.69) is 26.5 Å². The van der Waals surface area contributed by atoms with Crippen molar-refractivity contribution in [1.29, 1.82) is 5.26 Å². The molecule has 1 N–H and O–H groups in total. The minimum absolute atomic E-state index is 0.161. The van der Waals surface area contributed by atoms with Crippen molar-refractivity contribution in [2.24, 2.45) is 0 Å². The van der Waals surface area contributed by atoms with Crippen molar-refractivity contribution in [3.8, 4) is 17.3 Å². The Labute approximate surface area is 159 Å². The number of nitro groups is 1. The van der Waals surface area contributed by atoms with E-state index >= 15 is 0 Å². The van der Waals surface area contributed by atoms with Crippen molar-refractivity contribution < 1.29 is 9.31 Å². The number of nitro benzene ring substituents is 1. The van der Waals surface area contributed by atoms with Crippen LogP contribution in [0.15, 0.2) is 36.8 Å². The Bertz CT molecular complexity index is 1080. The zero-order valence-electron chi connectivity index (χ0n) is 15.3. The lowest BCUT2D eigenvalue weighted by atomic mass is 10.1. The topological polar surface area (TPSA) is 123 Å². The van der Waals surface area contributed by atoms with E-state index in [1.165, 1.54) is 24.7 Å². The van der Waals surface area contributed by atoms with Crippen LogP contribution in [-0.4, -0.2) is 24.7 Å². The summed E-state index contributed by atoms with van der Waals surface area (Å²) in [5.41, 5.74) is -0.542. The molecule has 0 saturated heterocycles. The van der Waals surface area contributed by atoms with Crippen LogP contribution in [0.2, 0.25) is 0 Å². The number of halogens is 1. The van der Waals surface area contributed by atoms with E-state index in [-0.39, 0.29) is 16.8 Å². The largest absolute Gasteiger partial charge is 0.323 e. The van der Waals surface area contributed by atoms with Crippen molar-refractivity contribution in [2.45, 2.75) is 26.3 Å². The van der Waals surface area contributed by atoms with Crippen LogP contribution in [0.25, 0.3) is 11.3 Å². The van der Waals surface area contributed by atoms with Gasteiger partial charge >= 0.3 is 5.69 Å². The summed E-state index contributed by atoms with van der Waals surface area (Å²) in [6, 6.07) is 5.50. The summed E-state index contributed by atoms with van der Waals surface area (Å²) < 4.78 is 15.7. The van der Waals surface area contributed by atoms with Crippen LogP contribution in [0, 0.1) is 27.3 Å². The quantitative estimate of drug-likeness (QED) is 0.539. The molecule has 0 fully saturated rings. The highest BCUT2D eigenvalue weighted by Gasteiger charge is 2.27. The second kappa shape index (κ2) is 7.03. The first-order valence-electron chi connectivity index (χ1n) is 8.23. The number of nitrogens with zero attached hydrogens (tertiary/aromatic N) is 6. The van der Waals surface area contributed by atoms with Crippen molar-refractivity contribution in [1.82, 2.24) is 19.7 Å². The molecule has 10 heteroatoms. The number of anilines is 2. The van der Waals surface area contributed by atoms with E-state index in [0.29, 0.717) is 11.6 Å². The number of benzene rings is 1. The normalized spacial score (nSPS) is 11.1. The molecule has 0 bridgehead atoms. The molecular weight excluding hydrogens is 365 g/mol. The standard InChI is InChI=1S/C18H16FN7O2/c1-18(2,3)25-17(23-15-10-21-6-7-22-15)12(9-20)16(24-25)11-4-5-14(26(27)28)13(19)8-11/h4-8,10H,1-3H3,(H,22,23). The maximum atomic E-state index is 14.1. The molecule has 142 valence electrons. The summed E-state index contributed by atoms with van der Waals surface area (Å²) >= 11 is 0. The summed E-state index contributed by atoms with van der Waals surface area (Å²) in [5, 5.41) is 28.1. The van der Waals surface area contributed by atoms with E-state index < -0.39 is 22.0 Å². The Morgan fingerprint density at radius 2 is 2.07 bits per heavy atom. The lowest BCUT2D eigenvalue weighted by Crippen LogP contribution is -2.24. The molecule has 28 heavy (non-hydrogen) atoms. The Morgan fingerprint density at radius 3 is 2.61 bits per heavy atom. The van der Waals surface area contributed by atoms with Gasteiger partial charge in [0, 0.05) is 24.0 Å². The molecule has 0 amide bonds. The first-order valence-corrected chi connectivity index (χ1v) is 8.23. The fourth-order valence-corrected chi connectivity index (χ4v) is 2.61. The average Bonchev–Trinajstić information content (AvgIpc) is 3.00. The van der Waals surface area contributed by atoms with Crippen molar-refractivity contribution in [3.05, 3.63) is 58.3 Å². The lowest BCUT2D eigenvalue weighted by molar-refractivity contribution is -0.387. The van der Waals surface area contributed by atoms with Crippen LogP contribution in [-0.2, 0) is 5.54 Å². The second-order valence-corrected chi connectivity index (χ2v) is 6.91. The SMILES string of the molecule is CC(C)(C)n1nc(-c2ccc([N+](=O)[O-])c(F)c2)c(C#N)c1Nc1cnccn1. The van der Waals surface area contributed by atoms with Gasteiger partial charge in [-0.15, -0.1) is 0 Å². The van der Waals surface area contributed by atoms with Gasteiger partial charge in [0.05, 0.1) is 16.7 Å². The highest BCUT2D eigenvalue weighted by Crippen LogP contribution is 2.34. The molecule has 0 radical (unpaired) electrons. The lowest BCUT2D eigenvalue weighted by Gasteiger charge is -2.22. The molecule has 0 atom stereocenters. The van der Waals surface area contributed by atoms with Crippen molar-refractivity contribution >= 4 is 17.3 Å². The van der Waals surface area contributed by atoms with Gasteiger partial charge < -0.3 is 5.32 Å². The second-order valence-electron chi connectivity index (χ2n) is 6.91. The Morgan fingerprint density at radius 1 is 1.32 bits per heavy atom. The van der Waals surface area contributed by atoms with Gasteiger partial charge in [0.15, 0.2) is 0 Å². The van der Waals surface area contributed by atoms with Crippen LogP contribution in [0.4, 0.5) is 21.7 Å². The van der Waals surface area contributed by atoms with Gasteiger partial charge in [0.1, 0.15) is 29.0 Å². The third-order valence-electron chi connectivity index (χ3n) is 3.86. The van der Waals surface area contributed by atoms with E-state index in [9.17, 15) is 19.8 Å². The summed E-state index contributed by atoms with van der Waals surface area (Å²) in [4.78, 5) is 18.2. The summed E-state index contributed by atoms with van der Waals surface area (Å²) in [7, 11) is 0. The van der Waals surface area contributed by atoms with Crippen LogP contribution >= 0.6 is 0 Å². The molecule has 3 aromatic rings. The Balaban J connectivity index is 2.19. The van der Waals surface area contributed by atoms with Crippen LogP contribution < -0.4 is 5.32 Å². The zero-order valence-corrected chi connectivity index (χ0v) is 15.3. The minimum atomic E-state index is -1.000. The van der Waals surface area contributed by atoms with Gasteiger partial charge in [-0.25, -0.2) is 9.67 Å². The highest BCUT2D eigenvalue weighted by molar-refractivity contribution is 5.76. The van der Waals surface area contributed by atoms with E-state index in [1.807, 2.05) is 20.8 Å². The van der Waals surface area contributed by atoms with Crippen molar-refractivity contribution in [2.75, 3.05) is 5.32 Å². The summed E-state index contributed by atoms with van der Waals surface area (Å²) in [6.45, 7) is 5.68. The van der Waals surface area contributed by atoms with Gasteiger partial charge in [-0.05, 0) is 32.9 Å². The van der Waals surface area contributed by atoms with E-state index in [4.69, 9.17) is 0 Å². The molecule has 9 nitrogen and oxygen atoms in total. The van der Waals surface area contributed by atoms with Crippen LogP contribution in [0.3, 0.4) is 0 Å². The predicted octanol–water partition coefficient (Wildman–Crippen LogP) is 3.76. The first-order chi connectivity index (χ1) is 13.2. The monoisotopic (exact) mass is 381 g/mol. The third kappa shape index (κ3) is 3.50. The third-order valence-corrected chi connectivity index (χ3v) is 3.86. The summed E-state index contributed by atoms with van der Waals surface area (Å²) in [6.07, 6.45) is 4.51. The molecule has 0 unspecified atom stereocenters. The van der Waals surface area contributed by atoms with Gasteiger partial charge in [-0.2, -0.15) is 14.8 Å². The van der Waals surface area contributed by atoms with Crippen molar-refractivity contribution in [3.63, 3.8) is 0 Å². The molecule has 0 spiro atoms. The average molecular weight is 381 g/mol. The van der Waals surface area contributed by atoms with Crippen LogP contribution in [0.5, 0.6) is 0 Å². The number of nitrogens with one attached hydrogen (secondary N) is 1. The fourth-order valence-electron chi connectivity index (χ4n) is 2.61. The maximum Gasteiger partial charge on any atom is 0.304 e. The molecule has 0 saturated carbocycles. The van der Waals surface area contributed by atoms with Gasteiger partial charge in [0.25, 0.3) is 0 Å². The highest BCUT2D eigenvalue weighted by atomic mass is 19.1. The molecule has 3 rings (SSSR count). The number of hydrogen-bond donors (Lipinski definition) is 1. The minimum Gasteiger partial charge on any atom is -0.323 e. The van der Waals surface area contributed by atoms with E-state index in [0.717, 1.165) is 12.1 Å². The molecular formula is C18H16FN7O2. The summed E-state index contributed by atoms with van der Waals surface area (Å²) in [5.74, 6) is -0.227. The fraction of sp³-hybridized carbons (Fsp3) is 0.222. The molecule has 0 aliphatic rings.